The molecule has 8 heteroatoms. The topological polar surface area (TPSA) is 70.2 Å². The Morgan fingerprint density at radius 3 is 3.04 bits per heavy atom. The number of carbonyl (C=O) groups excluding carboxylic acids is 1. The fourth-order valence-electron chi connectivity index (χ4n) is 3.30. The van der Waals surface area contributed by atoms with E-state index >= 15 is 0 Å². The molecular weight excluding hydrogens is 363 g/mol. The van der Waals surface area contributed by atoms with Crippen LogP contribution in [0.2, 0.25) is 10.0 Å². The zero-order valence-electron chi connectivity index (χ0n) is 13.5. The van der Waals surface area contributed by atoms with E-state index in [9.17, 15) is 4.79 Å². The molecule has 1 atom stereocenters. The Bertz CT molecular complexity index is 808. The number of aromatic nitrogens is 2. The second-order valence-electron chi connectivity index (χ2n) is 6.24. The van der Waals surface area contributed by atoms with Crippen LogP contribution in [0.25, 0.3) is 0 Å². The SMILES string of the molecule is O=C(c1n[nH]c2c1CNCC2)N1CCOC(c2ccc(Cl)c(Cl)c2)C1. The number of nitrogens with zero attached hydrogens (tertiary/aromatic N) is 2. The summed E-state index contributed by atoms with van der Waals surface area (Å²) in [5, 5.41) is 11.5. The zero-order chi connectivity index (χ0) is 17.4. The smallest absolute Gasteiger partial charge is 0.274 e. The van der Waals surface area contributed by atoms with E-state index in [1.807, 2.05) is 6.07 Å². The summed E-state index contributed by atoms with van der Waals surface area (Å²) in [4.78, 5) is 14.7. The molecule has 1 amide bonds. The molecule has 0 radical (unpaired) electrons. The number of hydrogen-bond acceptors (Lipinski definition) is 4. The summed E-state index contributed by atoms with van der Waals surface area (Å²) in [5.74, 6) is -0.0606. The van der Waals surface area contributed by atoms with Gasteiger partial charge in [0.2, 0.25) is 0 Å². The van der Waals surface area contributed by atoms with Crippen LogP contribution in [0.1, 0.15) is 33.4 Å². The summed E-state index contributed by atoms with van der Waals surface area (Å²) in [5.41, 5.74) is 3.46. The summed E-state index contributed by atoms with van der Waals surface area (Å²) in [6.45, 7) is 3.06. The second kappa shape index (κ2) is 6.96. The molecule has 0 spiro atoms. The molecule has 25 heavy (non-hydrogen) atoms. The fraction of sp³-hybridized carbons (Fsp3) is 0.412. The van der Waals surface area contributed by atoms with Crippen LogP contribution in [-0.2, 0) is 17.7 Å². The van der Waals surface area contributed by atoms with Gasteiger partial charge in [-0.3, -0.25) is 9.89 Å². The Morgan fingerprint density at radius 2 is 2.20 bits per heavy atom. The van der Waals surface area contributed by atoms with Crippen molar-refractivity contribution in [3.63, 3.8) is 0 Å². The number of amides is 1. The molecule has 2 aliphatic rings. The maximum atomic E-state index is 12.9. The van der Waals surface area contributed by atoms with E-state index in [1.165, 1.54) is 0 Å². The minimum atomic E-state index is -0.222. The molecule has 3 heterocycles. The Morgan fingerprint density at radius 1 is 1.32 bits per heavy atom. The average molecular weight is 381 g/mol. The highest BCUT2D eigenvalue weighted by Gasteiger charge is 2.30. The van der Waals surface area contributed by atoms with Crippen molar-refractivity contribution in [2.24, 2.45) is 0 Å². The van der Waals surface area contributed by atoms with Crippen LogP contribution >= 0.6 is 23.2 Å². The van der Waals surface area contributed by atoms with Crippen molar-refractivity contribution in [2.75, 3.05) is 26.2 Å². The highest BCUT2D eigenvalue weighted by molar-refractivity contribution is 6.42. The van der Waals surface area contributed by atoms with E-state index in [-0.39, 0.29) is 12.0 Å². The van der Waals surface area contributed by atoms with Crippen LogP contribution in [0.4, 0.5) is 0 Å². The van der Waals surface area contributed by atoms with Gasteiger partial charge in [0.1, 0.15) is 6.10 Å². The molecule has 1 fully saturated rings. The first-order valence-electron chi connectivity index (χ1n) is 8.26. The van der Waals surface area contributed by atoms with Crippen molar-refractivity contribution in [1.82, 2.24) is 20.4 Å². The maximum absolute atomic E-state index is 12.9. The van der Waals surface area contributed by atoms with E-state index in [0.717, 1.165) is 29.8 Å². The van der Waals surface area contributed by atoms with Gasteiger partial charge in [-0.1, -0.05) is 29.3 Å². The highest BCUT2D eigenvalue weighted by atomic mass is 35.5. The van der Waals surface area contributed by atoms with Crippen molar-refractivity contribution in [3.8, 4) is 0 Å². The van der Waals surface area contributed by atoms with E-state index < -0.39 is 0 Å². The number of ether oxygens (including phenoxy) is 1. The predicted molar refractivity (Wildman–Crippen MR) is 95.1 cm³/mol. The number of hydrogen-bond donors (Lipinski definition) is 2. The monoisotopic (exact) mass is 380 g/mol. The molecule has 2 N–H and O–H groups in total. The van der Waals surface area contributed by atoms with Crippen LogP contribution in [0, 0.1) is 0 Å². The molecule has 1 aromatic carbocycles. The largest absolute Gasteiger partial charge is 0.370 e. The van der Waals surface area contributed by atoms with Gasteiger partial charge in [-0.05, 0) is 17.7 Å². The molecule has 4 rings (SSSR count). The molecule has 0 saturated carbocycles. The molecule has 6 nitrogen and oxygen atoms in total. The highest BCUT2D eigenvalue weighted by Crippen LogP contribution is 2.29. The van der Waals surface area contributed by atoms with Crippen LogP contribution in [0.15, 0.2) is 18.2 Å². The zero-order valence-corrected chi connectivity index (χ0v) is 15.0. The van der Waals surface area contributed by atoms with Crippen LogP contribution < -0.4 is 5.32 Å². The summed E-state index contributed by atoms with van der Waals surface area (Å²) in [6, 6.07) is 5.43. The van der Waals surface area contributed by atoms with E-state index in [2.05, 4.69) is 15.5 Å². The molecule has 1 saturated heterocycles. The van der Waals surface area contributed by atoms with Gasteiger partial charge in [0.15, 0.2) is 5.69 Å². The molecule has 0 bridgehead atoms. The molecule has 0 aliphatic carbocycles. The lowest BCUT2D eigenvalue weighted by Crippen LogP contribution is -2.43. The molecule has 2 aliphatic heterocycles. The summed E-state index contributed by atoms with van der Waals surface area (Å²) >= 11 is 12.1. The number of H-pyrrole nitrogens is 1. The van der Waals surface area contributed by atoms with Crippen molar-refractivity contribution < 1.29 is 9.53 Å². The number of carbonyl (C=O) groups is 1. The van der Waals surface area contributed by atoms with Gasteiger partial charge in [-0.15, -0.1) is 0 Å². The Labute approximate surface area is 155 Å². The number of nitrogens with one attached hydrogen (secondary N) is 2. The number of rotatable bonds is 2. The molecule has 2 aromatic rings. The third kappa shape index (κ3) is 3.27. The van der Waals surface area contributed by atoms with Crippen molar-refractivity contribution in [3.05, 3.63) is 50.8 Å². The van der Waals surface area contributed by atoms with Gasteiger partial charge >= 0.3 is 0 Å². The van der Waals surface area contributed by atoms with Gasteiger partial charge in [-0.2, -0.15) is 5.10 Å². The predicted octanol–water partition coefficient (Wildman–Crippen LogP) is 2.58. The lowest BCUT2D eigenvalue weighted by molar-refractivity contribution is -0.0230. The first-order chi connectivity index (χ1) is 12.1. The molecule has 1 aromatic heterocycles. The quantitative estimate of drug-likeness (QED) is 0.839. The third-order valence-corrected chi connectivity index (χ3v) is 5.42. The van der Waals surface area contributed by atoms with E-state index in [4.69, 9.17) is 27.9 Å². The fourth-order valence-corrected chi connectivity index (χ4v) is 3.61. The van der Waals surface area contributed by atoms with E-state index in [1.54, 1.807) is 17.0 Å². The van der Waals surface area contributed by atoms with Crippen molar-refractivity contribution in [1.29, 1.82) is 0 Å². The number of halogens is 2. The number of aromatic amines is 1. The number of morpholine rings is 1. The van der Waals surface area contributed by atoms with Gasteiger partial charge < -0.3 is 15.0 Å². The molecular formula is C17H18Cl2N4O2. The minimum Gasteiger partial charge on any atom is -0.370 e. The molecule has 1 unspecified atom stereocenters. The minimum absolute atomic E-state index is 0.0606. The standard InChI is InChI=1S/C17H18Cl2N4O2/c18-12-2-1-10(7-13(12)19)15-9-23(5-6-25-15)17(24)16-11-8-20-4-3-14(11)21-22-16/h1-2,7,15,20H,3-6,8-9H2,(H,21,22). The number of fused-ring (bicyclic) bond motifs is 1. The normalized spacial score (nSPS) is 20.4. The van der Waals surface area contributed by atoms with Gasteiger partial charge in [-0.25, -0.2) is 0 Å². The van der Waals surface area contributed by atoms with Crippen LogP contribution in [0.5, 0.6) is 0 Å². The van der Waals surface area contributed by atoms with Gasteiger partial charge in [0.05, 0.1) is 23.2 Å². The lowest BCUT2D eigenvalue weighted by Gasteiger charge is -2.33. The first-order valence-corrected chi connectivity index (χ1v) is 9.01. The Kier molecular flexibility index (Phi) is 4.69. The Balaban J connectivity index is 1.53. The summed E-state index contributed by atoms with van der Waals surface area (Å²) < 4.78 is 5.83. The summed E-state index contributed by atoms with van der Waals surface area (Å²) in [7, 11) is 0. The maximum Gasteiger partial charge on any atom is 0.274 e. The Hall–Kier alpha value is -1.60. The van der Waals surface area contributed by atoms with Crippen molar-refractivity contribution in [2.45, 2.75) is 19.1 Å². The summed E-state index contributed by atoms with van der Waals surface area (Å²) in [6.07, 6.45) is 0.644. The third-order valence-electron chi connectivity index (χ3n) is 4.68. The number of benzene rings is 1. The van der Waals surface area contributed by atoms with Gasteiger partial charge in [0, 0.05) is 37.3 Å². The average Bonchev–Trinajstić information content (AvgIpc) is 3.07. The molecule has 132 valence electrons. The van der Waals surface area contributed by atoms with Crippen molar-refractivity contribution >= 4 is 29.1 Å². The lowest BCUT2D eigenvalue weighted by atomic mass is 10.0. The first kappa shape index (κ1) is 16.8. The second-order valence-corrected chi connectivity index (χ2v) is 7.05. The van der Waals surface area contributed by atoms with Gasteiger partial charge in [0.25, 0.3) is 5.91 Å². The van der Waals surface area contributed by atoms with E-state index in [0.29, 0.717) is 42.0 Å². The van der Waals surface area contributed by atoms with Crippen LogP contribution in [-0.4, -0.2) is 47.2 Å². The van der Waals surface area contributed by atoms with Crippen LogP contribution in [0.3, 0.4) is 0 Å².